The third-order valence-electron chi connectivity index (χ3n) is 7.61. The van der Waals surface area contributed by atoms with E-state index in [2.05, 4.69) is 46.3 Å². The molecule has 0 spiro atoms. The van der Waals surface area contributed by atoms with Crippen molar-refractivity contribution in [3.8, 4) is 33.8 Å². The van der Waals surface area contributed by atoms with Crippen LogP contribution in [0.4, 0.5) is 15.9 Å². The molecule has 1 fully saturated rings. The monoisotopic (exact) mass is 562 g/mol. The van der Waals surface area contributed by atoms with Crippen molar-refractivity contribution in [1.82, 2.24) is 35.0 Å². The Balaban J connectivity index is 1.24. The Morgan fingerprint density at radius 3 is 2.67 bits per heavy atom. The van der Waals surface area contributed by atoms with E-state index in [0.29, 0.717) is 6.54 Å². The quantitative estimate of drug-likeness (QED) is 0.214. The topological polar surface area (TPSA) is 128 Å². The molecule has 0 saturated carbocycles. The SMILES string of the molecule is CN(C)CCNc1cc(F)cc(-c2cncc3[nH]c(-c4n[nH]c5ccc(-c6cncc(N7CC(N)C7)n6)cc45)cc23)c1. The zero-order valence-corrected chi connectivity index (χ0v) is 23.4. The first-order valence-corrected chi connectivity index (χ1v) is 13.9. The molecule has 6 aromatic rings. The lowest BCUT2D eigenvalue weighted by Gasteiger charge is -2.37. The number of H-pyrrole nitrogens is 2. The number of aromatic nitrogens is 6. The van der Waals surface area contributed by atoms with Gasteiger partial charge in [-0.3, -0.25) is 15.1 Å². The molecule has 11 heteroatoms. The van der Waals surface area contributed by atoms with Crippen molar-refractivity contribution in [3.05, 3.63) is 73.1 Å². The van der Waals surface area contributed by atoms with Crippen LogP contribution in [0.5, 0.6) is 0 Å². The number of halogens is 1. The number of benzene rings is 2. The van der Waals surface area contributed by atoms with Crippen LogP contribution in [0.1, 0.15) is 0 Å². The molecule has 1 aliphatic heterocycles. The first-order chi connectivity index (χ1) is 20.4. The number of aromatic amines is 2. The maximum atomic E-state index is 14.7. The predicted octanol–water partition coefficient (Wildman–Crippen LogP) is 4.49. The minimum atomic E-state index is -0.303. The van der Waals surface area contributed by atoms with Gasteiger partial charge in [0.15, 0.2) is 0 Å². The lowest BCUT2D eigenvalue weighted by molar-refractivity contribution is 0.425. The van der Waals surface area contributed by atoms with E-state index in [0.717, 1.165) is 86.7 Å². The van der Waals surface area contributed by atoms with Crippen molar-refractivity contribution in [2.24, 2.45) is 5.73 Å². The number of likely N-dealkylation sites (N-methyl/N-ethyl adjacent to an activating group) is 1. The predicted molar refractivity (Wildman–Crippen MR) is 165 cm³/mol. The van der Waals surface area contributed by atoms with Crippen molar-refractivity contribution >= 4 is 33.3 Å². The molecule has 0 bridgehead atoms. The Morgan fingerprint density at radius 2 is 1.83 bits per heavy atom. The normalized spacial score (nSPS) is 13.8. The van der Waals surface area contributed by atoms with E-state index in [1.54, 1.807) is 30.9 Å². The fourth-order valence-electron chi connectivity index (χ4n) is 5.41. The van der Waals surface area contributed by atoms with Gasteiger partial charge in [-0.15, -0.1) is 0 Å². The summed E-state index contributed by atoms with van der Waals surface area (Å²) < 4.78 is 14.7. The minimum absolute atomic E-state index is 0.181. The van der Waals surface area contributed by atoms with Crippen LogP contribution in [0.2, 0.25) is 0 Å². The summed E-state index contributed by atoms with van der Waals surface area (Å²) in [5.41, 5.74) is 13.4. The molecule has 5 heterocycles. The van der Waals surface area contributed by atoms with Gasteiger partial charge in [0.2, 0.25) is 0 Å². The van der Waals surface area contributed by atoms with Crippen LogP contribution in [0.25, 0.3) is 55.6 Å². The highest BCUT2D eigenvalue weighted by atomic mass is 19.1. The first-order valence-electron chi connectivity index (χ1n) is 13.9. The summed E-state index contributed by atoms with van der Waals surface area (Å²) in [7, 11) is 4.02. The average Bonchev–Trinajstić information content (AvgIpc) is 3.59. The van der Waals surface area contributed by atoms with E-state index < -0.39 is 0 Å². The van der Waals surface area contributed by atoms with Crippen molar-refractivity contribution in [2.45, 2.75) is 6.04 Å². The minimum Gasteiger partial charge on any atom is -0.384 e. The van der Waals surface area contributed by atoms with Crippen LogP contribution in [-0.2, 0) is 0 Å². The number of rotatable bonds is 8. The van der Waals surface area contributed by atoms with Gasteiger partial charge in [0.25, 0.3) is 0 Å². The van der Waals surface area contributed by atoms with E-state index in [9.17, 15) is 4.39 Å². The van der Waals surface area contributed by atoms with Gasteiger partial charge in [0.1, 0.15) is 17.3 Å². The Hall–Kier alpha value is -4.87. The van der Waals surface area contributed by atoms with Gasteiger partial charge < -0.3 is 25.8 Å². The molecule has 0 radical (unpaired) electrons. The standard InChI is InChI=1S/C31H31FN10/c1-41(2)6-5-36-22-8-19(7-20(32)10-22)25-12-34-14-29-23(25)11-27(37-29)31-24-9-18(3-4-26(24)39-40-31)28-13-35-15-30(38-28)42-16-21(33)17-42/h3-4,7-15,21,36-37H,5-6,16-17,33H2,1-2H3,(H,39,40). The van der Waals surface area contributed by atoms with Crippen LogP contribution in [-0.4, -0.2) is 81.3 Å². The highest BCUT2D eigenvalue weighted by Crippen LogP contribution is 2.35. The van der Waals surface area contributed by atoms with Gasteiger partial charge >= 0.3 is 0 Å². The van der Waals surface area contributed by atoms with Crippen LogP contribution < -0.4 is 16.0 Å². The first kappa shape index (κ1) is 26.1. The number of nitrogens with zero attached hydrogens (tertiary/aromatic N) is 6. The Labute approximate surface area is 241 Å². The zero-order valence-electron chi connectivity index (χ0n) is 23.4. The van der Waals surface area contributed by atoms with Gasteiger partial charge in [-0.25, -0.2) is 9.37 Å². The number of pyridine rings is 1. The van der Waals surface area contributed by atoms with Gasteiger partial charge in [-0.2, -0.15) is 5.10 Å². The third-order valence-corrected chi connectivity index (χ3v) is 7.61. The number of anilines is 2. The van der Waals surface area contributed by atoms with Crippen molar-refractivity contribution < 1.29 is 4.39 Å². The van der Waals surface area contributed by atoms with Gasteiger partial charge in [0.05, 0.1) is 41.0 Å². The summed E-state index contributed by atoms with van der Waals surface area (Å²) in [6, 6.07) is 13.3. The highest BCUT2D eigenvalue weighted by molar-refractivity contribution is 6.01. The number of hydrogen-bond donors (Lipinski definition) is 4. The molecule has 7 rings (SSSR count). The summed E-state index contributed by atoms with van der Waals surface area (Å²) in [5, 5.41) is 13.0. The molecular formula is C31H31FN10. The Bertz CT molecular complexity index is 1900. The molecule has 0 amide bonds. The summed E-state index contributed by atoms with van der Waals surface area (Å²) in [6.07, 6.45) is 7.10. The number of nitrogens with two attached hydrogens (primary N) is 1. The van der Waals surface area contributed by atoms with Gasteiger partial charge in [-0.1, -0.05) is 6.07 Å². The summed E-state index contributed by atoms with van der Waals surface area (Å²) >= 11 is 0. The van der Waals surface area contributed by atoms with Crippen molar-refractivity contribution in [3.63, 3.8) is 0 Å². The molecule has 5 N–H and O–H groups in total. The van der Waals surface area contributed by atoms with Crippen LogP contribution >= 0.6 is 0 Å². The summed E-state index contributed by atoms with van der Waals surface area (Å²) in [4.78, 5) is 21.4. The fourth-order valence-corrected chi connectivity index (χ4v) is 5.41. The number of hydrogen-bond acceptors (Lipinski definition) is 8. The maximum absolute atomic E-state index is 14.7. The second-order valence-corrected chi connectivity index (χ2v) is 11.1. The summed E-state index contributed by atoms with van der Waals surface area (Å²) in [6.45, 7) is 3.12. The molecule has 10 nitrogen and oxygen atoms in total. The highest BCUT2D eigenvalue weighted by Gasteiger charge is 2.25. The Kier molecular flexibility index (Phi) is 6.52. The molecule has 1 aliphatic rings. The molecule has 4 aromatic heterocycles. The van der Waals surface area contributed by atoms with Crippen molar-refractivity contribution in [1.29, 1.82) is 0 Å². The molecule has 0 atom stereocenters. The Morgan fingerprint density at radius 1 is 0.976 bits per heavy atom. The third kappa shape index (κ3) is 4.93. The largest absolute Gasteiger partial charge is 0.384 e. The molecule has 1 saturated heterocycles. The number of fused-ring (bicyclic) bond motifs is 2. The summed E-state index contributed by atoms with van der Waals surface area (Å²) in [5.74, 6) is 0.522. The smallest absolute Gasteiger partial charge is 0.147 e. The number of nitrogens with one attached hydrogen (secondary N) is 3. The van der Waals surface area contributed by atoms with E-state index in [1.807, 2.05) is 38.4 Å². The lowest BCUT2D eigenvalue weighted by atomic mass is 10.0. The van der Waals surface area contributed by atoms with Gasteiger partial charge in [-0.05, 0) is 56.1 Å². The average molecular weight is 563 g/mol. The lowest BCUT2D eigenvalue weighted by Crippen LogP contribution is -2.56. The maximum Gasteiger partial charge on any atom is 0.147 e. The molecule has 2 aromatic carbocycles. The van der Waals surface area contributed by atoms with Crippen molar-refractivity contribution in [2.75, 3.05) is 50.5 Å². The molecule has 0 unspecified atom stereocenters. The molecular weight excluding hydrogens is 531 g/mol. The van der Waals surface area contributed by atoms with Crippen LogP contribution in [0.15, 0.2) is 67.3 Å². The van der Waals surface area contributed by atoms with Crippen LogP contribution in [0, 0.1) is 5.82 Å². The van der Waals surface area contributed by atoms with Crippen LogP contribution in [0.3, 0.4) is 0 Å². The zero-order chi connectivity index (χ0) is 28.8. The van der Waals surface area contributed by atoms with Gasteiger partial charge in [0, 0.05) is 66.0 Å². The van der Waals surface area contributed by atoms with E-state index in [-0.39, 0.29) is 11.9 Å². The second-order valence-electron chi connectivity index (χ2n) is 11.1. The molecule has 0 aliphatic carbocycles. The van der Waals surface area contributed by atoms with E-state index >= 15 is 0 Å². The molecule has 212 valence electrons. The molecule has 42 heavy (non-hydrogen) atoms. The fraction of sp³-hybridized carbons (Fsp3) is 0.226. The van der Waals surface area contributed by atoms with E-state index in [4.69, 9.17) is 10.7 Å². The second kappa shape index (κ2) is 10.5. The van der Waals surface area contributed by atoms with E-state index in [1.165, 1.54) is 6.07 Å².